The van der Waals surface area contributed by atoms with E-state index in [4.69, 9.17) is 0 Å². The van der Waals surface area contributed by atoms with Crippen molar-refractivity contribution in [1.29, 1.82) is 0 Å². The summed E-state index contributed by atoms with van der Waals surface area (Å²) in [4.78, 5) is 18.3. The zero-order valence-electron chi connectivity index (χ0n) is 22.1. The maximum atomic E-state index is 14.6. The van der Waals surface area contributed by atoms with Crippen LogP contribution in [0.5, 0.6) is 0 Å². The number of hydrogen-bond acceptors (Lipinski definition) is 4. The van der Waals surface area contributed by atoms with Crippen LogP contribution in [-0.2, 0) is 16.8 Å². The molecule has 0 radical (unpaired) electrons. The zero-order chi connectivity index (χ0) is 25.5. The van der Waals surface area contributed by atoms with E-state index in [1.54, 1.807) is 0 Å². The number of benzene rings is 3. The van der Waals surface area contributed by atoms with Crippen molar-refractivity contribution in [2.24, 2.45) is 0 Å². The molecule has 3 aromatic rings. The molecule has 1 heterocycles. The Balaban J connectivity index is 1.74. The Morgan fingerprint density at radius 2 is 1.53 bits per heavy atom. The predicted molar refractivity (Wildman–Crippen MR) is 152 cm³/mol. The average molecular weight is 502 g/mol. The van der Waals surface area contributed by atoms with Gasteiger partial charge in [0.25, 0.3) is 5.91 Å². The van der Waals surface area contributed by atoms with Crippen molar-refractivity contribution >= 4 is 23.4 Å². The predicted octanol–water partition coefficient (Wildman–Crippen LogP) is 6.60. The summed E-state index contributed by atoms with van der Waals surface area (Å²) in [5, 5.41) is 4.04. The van der Waals surface area contributed by atoms with Crippen molar-refractivity contribution in [3.63, 3.8) is 0 Å². The van der Waals surface area contributed by atoms with Crippen LogP contribution in [0.1, 0.15) is 50.3 Å². The molecule has 0 fully saturated rings. The Kier molecular flexibility index (Phi) is 8.89. The van der Waals surface area contributed by atoms with Gasteiger partial charge >= 0.3 is 0 Å². The summed E-state index contributed by atoms with van der Waals surface area (Å²) in [7, 11) is 2.04. The first kappa shape index (κ1) is 26.5. The lowest BCUT2D eigenvalue weighted by Crippen LogP contribution is -2.49. The summed E-state index contributed by atoms with van der Waals surface area (Å²) < 4.78 is 0. The zero-order valence-corrected chi connectivity index (χ0v) is 22.9. The molecular weight excluding hydrogens is 462 g/mol. The van der Waals surface area contributed by atoms with Gasteiger partial charge < -0.3 is 4.90 Å². The fraction of sp³-hybridized carbons (Fsp3) is 0.387. The van der Waals surface area contributed by atoms with Crippen molar-refractivity contribution in [3.8, 4) is 0 Å². The van der Waals surface area contributed by atoms with Crippen LogP contribution >= 0.6 is 11.8 Å². The van der Waals surface area contributed by atoms with E-state index in [-0.39, 0.29) is 5.91 Å². The maximum absolute atomic E-state index is 14.6. The maximum Gasteiger partial charge on any atom is 0.256 e. The molecule has 0 saturated heterocycles. The molecule has 4 rings (SSSR count). The topological polar surface area (TPSA) is 26.8 Å². The summed E-state index contributed by atoms with van der Waals surface area (Å²) in [5.74, 6) is 1.23. The number of thioether (sulfide) groups is 1. The molecule has 3 aromatic carbocycles. The van der Waals surface area contributed by atoms with Gasteiger partial charge in [-0.1, -0.05) is 87.5 Å². The number of nitrogens with zero attached hydrogens (tertiary/aromatic N) is 3. The number of anilines is 1. The summed E-state index contributed by atoms with van der Waals surface area (Å²) in [6.07, 6.45) is 1.89. The third kappa shape index (κ3) is 5.10. The molecule has 36 heavy (non-hydrogen) atoms. The Bertz CT molecular complexity index is 1150. The number of para-hydroxylation sites is 1. The highest BCUT2D eigenvalue weighted by Crippen LogP contribution is 2.49. The summed E-state index contributed by atoms with van der Waals surface area (Å²) in [6, 6.07) is 27.3. The second-order valence-electron chi connectivity index (χ2n) is 9.45. The van der Waals surface area contributed by atoms with Crippen LogP contribution in [0.25, 0.3) is 0 Å². The number of hydrogen-bond donors (Lipinski definition) is 0. The molecule has 0 spiro atoms. The van der Waals surface area contributed by atoms with Gasteiger partial charge in [-0.2, -0.15) is 0 Å². The third-order valence-corrected chi connectivity index (χ3v) is 8.61. The van der Waals surface area contributed by atoms with E-state index in [1.165, 1.54) is 10.5 Å². The van der Waals surface area contributed by atoms with Crippen LogP contribution < -0.4 is 5.01 Å². The Morgan fingerprint density at radius 3 is 2.25 bits per heavy atom. The highest BCUT2D eigenvalue weighted by atomic mass is 32.2. The third-order valence-electron chi connectivity index (χ3n) is 7.29. The van der Waals surface area contributed by atoms with Crippen LogP contribution in [0, 0.1) is 0 Å². The summed E-state index contributed by atoms with van der Waals surface area (Å²) >= 11 is 1.90. The summed E-state index contributed by atoms with van der Waals surface area (Å²) in [5.41, 5.74) is 3.72. The van der Waals surface area contributed by atoms with Crippen molar-refractivity contribution in [1.82, 2.24) is 9.91 Å². The molecule has 5 heteroatoms. The van der Waals surface area contributed by atoms with E-state index in [0.717, 1.165) is 55.0 Å². The smallest absolute Gasteiger partial charge is 0.256 e. The highest BCUT2D eigenvalue weighted by Gasteiger charge is 2.53. The second-order valence-corrected chi connectivity index (χ2v) is 10.6. The Hall–Kier alpha value is -2.60. The minimum absolute atomic E-state index is 0.142. The van der Waals surface area contributed by atoms with Crippen molar-refractivity contribution < 1.29 is 4.79 Å². The Morgan fingerprint density at radius 1 is 0.861 bits per heavy atom. The van der Waals surface area contributed by atoms with Gasteiger partial charge in [0, 0.05) is 18.5 Å². The van der Waals surface area contributed by atoms with Crippen LogP contribution in [-0.4, -0.2) is 48.3 Å². The lowest BCUT2D eigenvalue weighted by atomic mass is 9.72. The van der Waals surface area contributed by atoms with E-state index in [2.05, 4.69) is 97.4 Å². The number of rotatable bonds is 12. The van der Waals surface area contributed by atoms with Gasteiger partial charge in [-0.3, -0.25) is 4.79 Å². The van der Waals surface area contributed by atoms with Gasteiger partial charge in [-0.15, -0.1) is 11.8 Å². The van der Waals surface area contributed by atoms with Gasteiger partial charge in [0.15, 0.2) is 0 Å². The number of amides is 1. The minimum Gasteiger partial charge on any atom is -0.304 e. The van der Waals surface area contributed by atoms with Crippen LogP contribution in [0.15, 0.2) is 83.8 Å². The molecule has 0 aromatic heterocycles. The first-order valence-electron chi connectivity index (χ1n) is 13.2. The average Bonchev–Trinajstić information content (AvgIpc) is 3.17. The van der Waals surface area contributed by atoms with Crippen LogP contribution in [0.2, 0.25) is 0 Å². The van der Waals surface area contributed by atoms with Gasteiger partial charge in [0.2, 0.25) is 0 Å². The van der Waals surface area contributed by atoms with E-state index in [1.807, 2.05) is 36.0 Å². The van der Waals surface area contributed by atoms with Crippen molar-refractivity contribution in [2.45, 2.75) is 50.5 Å². The molecule has 1 atom stereocenters. The normalized spacial score (nSPS) is 17.3. The molecule has 0 N–H and O–H groups in total. The minimum atomic E-state index is -0.703. The number of hydrazine groups is 1. The first-order valence-corrected chi connectivity index (χ1v) is 14.2. The van der Waals surface area contributed by atoms with Gasteiger partial charge in [0.05, 0.1) is 5.69 Å². The van der Waals surface area contributed by atoms with E-state index >= 15 is 0 Å². The molecule has 0 saturated carbocycles. The second kappa shape index (κ2) is 12.1. The largest absolute Gasteiger partial charge is 0.304 e. The lowest BCUT2D eigenvalue weighted by Gasteiger charge is -2.34. The fourth-order valence-electron chi connectivity index (χ4n) is 5.32. The van der Waals surface area contributed by atoms with E-state index in [0.29, 0.717) is 6.54 Å². The molecular formula is C31H39N3OS. The number of carbonyl (C=O) groups excluding carboxylic acids is 1. The molecule has 1 aliphatic heterocycles. The molecule has 1 aliphatic rings. The molecule has 1 amide bonds. The molecule has 0 bridgehead atoms. The number of fused-ring (bicyclic) bond motifs is 1. The molecule has 0 aliphatic carbocycles. The molecule has 4 nitrogen and oxygen atoms in total. The highest BCUT2D eigenvalue weighted by molar-refractivity contribution is 7.99. The van der Waals surface area contributed by atoms with Gasteiger partial charge in [0.1, 0.15) is 5.41 Å². The fourth-order valence-corrected chi connectivity index (χ4v) is 6.24. The first-order chi connectivity index (χ1) is 17.6. The van der Waals surface area contributed by atoms with Crippen molar-refractivity contribution in [3.05, 3.63) is 95.6 Å². The van der Waals surface area contributed by atoms with Crippen molar-refractivity contribution in [2.75, 3.05) is 37.4 Å². The molecule has 0 unspecified atom stereocenters. The van der Waals surface area contributed by atoms with Crippen LogP contribution in [0.3, 0.4) is 0 Å². The SMILES string of the molecule is CCCSc1ccccc1CN(C)N1C(=O)[C@](CCN(CC)CC)(c2ccccc2)c2ccccc21. The van der Waals surface area contributed by atoms with Gasteiger partial charge in [-0.05, 0) is 67.1 Å². The van der Waals surface area contributed by atoms with Gasteiger partial charge in [-0.25, -0.2) is 10.0 Å². The summed E-state index contributed by atoms with van der Waals surface area (Å²) in [6.45, 7) is 10.1. The molecule has 190 valence electrons. The quantitative estimate of drug-likeness (QED) is 0.261. The number of carbonyl (C=O) groups is 1. The standard InChI is InChI=1S/C31H39N3OS/c1-5-23-36-29-20-14-11-15-25(29)24-32(4)34-28-19-13-12-18-27(28)31(30(34)35,21-22-33(6-2)7-3)26-16-9-8-10-17-26/h8-20H,5-7,21-24H2,1-4H3/t31-/m1/s1. The lowest BCUT2D eigenvalue weighted by molar-refractivity contribution is -0.125. The monoisotopic (exact) mass is 501 g/mol. The Labute approximate surface area is 221 Å². The van der Waals surface area contributed by atoms with Crippen LogP contribution in [0.4, 0.5) is 5.69 Å². The van der Waals surface area contributed by atoms with E-state index in [9.17, 15) is 4.79 Å². The van der Waals surface area contributed by atoms with E-state index < -0.39 is 5.41 Å².